The molecule has 0 aliphatic rings. The Bertz CT molecular complexity index is 746. The second-order valence-electron chi connectivity index (χ2n) is 4.23. The number of nitrogens with one attached hydrogen (secondary N) is 1. The maximum absolute atomic E-state index is 12.3. The number of H-pyrrole nitrogens is 1. The second-order valence-corrected chi connectivity index (χ2v) is 4.66. The summed E-state index contributed by atoms with van der Waals surface area (Å²) >= 11 is 5.91. The van der Waals surface area contributed by atoms with E-state index in [1.165, 1.54) is 10.9 Å². The Morgan fingerprint density at radius 1 is 1.52 bits per heavy atom. The van der Waals surface area contributed by atoms with Crippen molar-refractivity contribution in [3.05, 3.63) is 50.9 Å². The molecular formula is C14H14ClN3O3. The number of aliphatic imine (C=N–C) groups is 1. The molecule has 1 N–H and O–H groups in total. The molecule has 0 spiro atoms. The number of carbonyl (C=O) groups excluding carboxylic acids is 1. The molecule has 0 unspecified atom stereocenters. The molecule has 0 aliphatic heterocycles. The summed E-state index contributed by atoms with van der Waals surface area (Å²) in [5.74, 6) is 0. The highest BCUT2D eigenvalue weighted by Crippen LogP contribution is 2.13. The SMILES string of the molecule is CCOC(=O)/N=C/c1c(C)[nH]n(-c2cccc(Cl)c2)c1=O. The summed E-state index contributed by atoms with van der Waals surface area (Å²) in [7, 11) is 0. The molecule has 21 heavy (non-hydrogen) atoms. The Labute approximate surface area is 126 Å². The summed E-state index contributed by atoms with van der Waals surface area (Å²) in [4.78, 5) is 27.1. The van der Waals surface area contributed by atoms with Gasteiger partial charge < -0.3 is 4.74 Å². The summed E-state index contributed by atoms with van der Waals surface area (Å²) in [6.45, 7) is 3.63. The van der Waals surface area contributed by atoms with E-state index in [9.17, 15) is 9.59 Å². The molecule has 110 valence electrons. The molecule has 2 rings (SSSR count). The summed E-state index contributed by atoms with van der Waals surface area (Å²) in [5.41, 5.74) is 1.17. The Morgan fingerprint density at radius 2 is 2.29 bits per heavy atom. The molecule has 7 heteroatoms. The Hall–Kier alpha value is -2.34. The molecule has 0 saturated carbocycles. The van der Waals surface area contributed by atoms with Gasteiger partial charge in [-0.25, -0.2) is 9.48 Å². The lowest BCUT2D eigenvalue weighted by Gasteiger charge is -2.01. The molecule has 0 aliphatic carbocycles. The smallest absolute Gasteiger partial charge is 0.433 e. The quantitative estimate of drug-likeness (QED) is 0.886. The van der Waals surface area contributed by atoms with Crippen LogP contribution in [-0.2, 0) is 4.74 Å². The number of ether oxygens (including phenoxy) is 1. The van der Waals surface area contributed by atoms with Crippen LogP contribution < -0.4 is 5.56 Å². The summed E-state index contributed by atoms with van der Waals surface area (Å²) < 4.78 is 6.02. The Morgan fingerprint density at radius 3 is 2.95 bits per heavy atom. The Kier molecular flexibility index (Phi) is 4.59. The molecular weight excluding hydrogens is 294 g/mol. The van der Waals surface area contributed by atoms with Crippen LogP contribution in [0, 0.1) is 6.92 Å². The molecule has 6 nitrogen and oxygen atoms in total. The molecule has 0 bridgehead atoms. The number of hydrogen-bond donors (Lipinski definition) is 1. The minimum Gasteiger partial charge on any atom is -0.448 e. The van der Waals surface area contributed by atoms with Crippen molar-refractivity contribution in [3.8, 4) is 5.69 Å². The third kappa shape index (κ3) is 3.41. The molecule has 1 heterocycles. The lowest BCUT2D eigenvalue weighted by atomic mass is 10.3. The monoisotopic (exact) mass is 307 g/mol. The van der Waals surface area contributed by atoms with Crippen molar-refractivity contribution in [2.24, 2.45) is 4.99 Å². The molecule has 1 amide bonds. The number of rotatable bonds is 3. The number of aromatic amines is 1. The predicted molar refractivity (Wildman–Crippen MR) is 80.8 cm³/mol. The molecule has 1 aromatic carbocycles. The zero-order valence-corrected chi connectivity index (χ0v) is 12.3. The van der Waals surface area contributed by atoms with E-state index in [-0.39, 0.29) is 12.2 Å². The van der Waals surface area contributed by atoms with Gasteiger partial charge in [-0.15, -0.1) is 0 Å². The lowest BCUT2D eigenvalue weighted by molar-refractivity contribution is 0.163. The van der Waals surface area contributed by atoms with Gasteiger partial charge in [0, 0.05) is 16.9 Å². The highest BCUT2D eigenvalue weighted by atomic mass is 35.5. The van der Waals surface area contributed by atoms with Crippen LogP contribution in [0.5, 0.6) is 0 Å². The number of hydrogen-bond acceptors (Lipinski definition) is 3. The zero-order chi connectivity index (χ0) is 15.4. The minimum absolute atomic E-state index is 0.231. The second kappa shape index (κ2) is 6.41. The van der Waals surface area contributed by atoms with Gasteiger partial charge in [0.1, 0.15) is 0 Å². The van der Waals surface area contributed by atoms with E-state index >= 15 is 0 Å². The van der Waals surface area contributed by atoms with Crippen molar-refractivity contribution in [2.45, 2.75) is 13.8 Å². The van der Waals surface area contributed by atoms with Crippen molar-refractivity contribution in [1.82, 2.24) is 9.78 Å². The van der Waals surface area contributed by atoms with Crippen molar-refractivity contribution in [3.63, 3.8) is 0 Å². The first-order valence-electron chi connectivity index (χ1n) is 6.31. The van der Waals surface area contributed by atoms with Gasteiger partial charge in [0.15, 0.2) is 0 Å². The van der Waals surface area contributed by atoms with Gasteiger partial charge in [-0.2, -0.15) is 4.99 Å². The van der Waals surface area contributed by atoms with Gasteiger partial charge in [0.2, 0.25) is 0 Å². The first-order valence-corrected chi connectivity index (χ1v) is 6.69. The average molecular weight is 308 g/mol. The van der Waals surface area contributed by atoms with Gasteiger partial charge in [-0.3, -0.25) is 9.89 Å². The van der Waals surface area contributed by atoms with Gasteiger partial charge >= 0.3 is 6.09 Å². The van der Waals surface area contributed by atoms with Gasteiger partial charge in [-0.05, 0) is 32.0 Å². The van der Waals surface area contributed by atoms with Crippen LogP contribution in [0.15, 0.2) is 34.1 Å². The fourth-order valence-electron chi connectivity index (χ4n) is 1.79. The first kappa shape index (κ1) is 15.1. The standard InChI is InChI=1S/C14H14ClN3O3/c1-3-21-14(20)16-8-12-9(2)17-18(13(12)19)11-6-4-5-10(15)7-11/h4-8,17H,3H2,1-2H3/b16-8+. The summed E-state index contributed by atoms with van der Waals surface area (Å²) in [5, 5.41) is 3.44. The molecule has 0 radical (unpaired) electrons. The maximum Gasteiger partial charge on any atom is 0.433 e. The van der Waals surface area contributed by atoms with Gasteiger partial charge in [0.25, 0.3) is 5.56 Å². The van der Waals surface area contributed by atoms with Gasteiger partial charge in [-0.1, -0.05) is 17.7 Å². The number of aryl methyl sites for hydroxylation is 1. The molecule has 2 aromatic rings. The van der Waals surface area contributed by atoms with Crippen LogP contribution in [0.25, 0.3) is 5.69 Å². The molecule has 0 saturated heterocycles. The number of nitrogens with zero attached hydrogens (tertiary/aromatic N) is 2. The van der Waals surface area contributed by atoms with Crippen molar-refractivity contribution in [2.75, 3.05) is 6.61 Å². The third-order valence-corrected chi connectivity index (χ3v) is 2.99. The fourth-order valence-corrected chi connectivity index (χ4v) is 1.97. The fraction of sp³-hybridized carbons (Fsp3) is 0.214. The van der Waals surface area contributed by atoms with E-state index in [1.54, 1.807) is 38.1 Å². The summed E-state index contributed by atoms with van der Waals surface area (Å²) in [6, 6.07) is 6.86. The van der Waals surface area contributed by atoms with E-state index < -0.39 is 6.09 Å². The lowest BCUT2D eigenvalue weighted by Crippen LogP contribution is -2.17. The van der Waals surface area contributed by atoms with E-state index in [1.807, 2.05) is 0 Å². The van der Waals surface area contributed by atoms with Crippen molar-refractivity contribution >= 4 is 23.9 Å². The number of carbonyl (C=O) groups is 1. The predicted octanol–water partition coefficient (Wildman–Crippen LogP) is 2.70. The highest BCUT2D eigenvalue weighted by Gasteiger charge is 2.11. The molecule has 0 fully saturated rings. The third-order valence-electron chi connectivity index (χ3n) is 2.75. The van der Waals surface area contributed by atoms with Crippen LogP contribution in [0.2, 0.25) is 5.02 Å². The summed E-state index contributed by atoms with van der Waals surface area (Å²) in [6.07, 6.45) is 0.472. The topological polar surface area (TPSA) is 76.4 Å². The molecule has 1 aromatic heterocycles. The highest BCUT2D eigenvalue weighted by molar-refractivity contribution is 6.30. The number of amides is 1. The van der Waals surface area contributed by atoms with E-state index in [0.29, 0.717) is 22.0 Å². The largest absolute Gasteiger partial charge is 0.448 e. The molecule has 0 atom stereocenters. The van der Waals surface area contributed by atoms with Crippen LogP contribution >= 0.6 is 11.6 Å². The van der Waals surface area contributed by atoms with Crippen LogP contribution in [0.4, 0.5) is 4.79 Å². The zero-order valence-electron chi connectivity index (χ0n) is 11.6. The Balaban J connectivity index is 2.39. The van der Waals surface area contributed by atoms with E-state index in [0.717, 1.165) is 0 Å². The number of benzene rings is 1. The van der Waals surface area contributed by atoms with Crippen molar-refractivity contribution < 1.29 is 9.53 Å². The van der Waals surface area contributed by atoms with E-state index in [4.69, 9.17) is 11.6 Å². The van der Waals surface area contributed by atoms with Gasteiger partial charge in [0.05, 0.1) is 17.9 Å². The van der Waals surface area contributed by atoms with E-state index in [2.05, 4.69) is 14.8 Å². The maximum atomic E-state index is 12.3. The van der Waals surface area contributed by atoms with Crippen LogP contribution in [0.3, 0.4) is 0 Å². The normalized spacial score (nSPS) is 11.0. The number of aromatic nitrogens is 2. The number of halogens is 1. The van der Waals surface area contributed by atoms with Crippen LogP contribution in [-0.4, -0.2) is 28.7 Å². The van der Waals surface area contributed by atoms with Crippen molar-refractivity contribution in [1.29, 1.82) is 0 Å². The van der Waals surface area contributed by atoms with Crippen LogP contribution in [0.1, 0.15) is 18.2 Å². The minimum atomic E-state index is -0.730. The first-order chi connectivity index (χ1) is 10.0. The average Bonchev–Trinajstić information content (AvgIpc) is 2.72.